The Balaban J connectivity index is 2.01. The van der Waals surface area contributed by atoms with Gasteiger partial charge >= 0.3 is 11.6 Å². The summed E-state index contributed by atoms with van der Waals surface area (Å²) in [5.74, 6) is -1.67. The average Bonchev–Trinajstić information content (AvgIpc) is 3.00. The van der Waals surface area contributed by atoms with Crippen LogP contribution in [0.1, 0.15) is 31.2 Å². The Morgan fingerprint density at radius 1 is 1.27 bits per heavy atom. The van der Waals surface area contributed by atoms with Crippen molar-refractivity contribution < 1.29 is 19.4 Å². The molecule has 1 atom stereocenters. The van der Waals surface area contributed by atoms with Gasteiger partial charge in [-0.1, -0.05) is 25.0 Å². The van der Waals surface area contributed by atoms with Gasteiger partial charge in [0.1, 0.15) is 11.3 Å². The first-order chi connectivity index (χ1) is 10.6. The summed E-state index contributed by atoms with van der Waals surface area (Å²) in [7, 11) is 0. The number of benzene rings is 1. The van der Waals surface area contributed by atoms with Gasteiger partial charge in [0.2, 0.25) is 0 Å². The standard InChI is InChI=1S/C17H18O5/c18-15-11-7-3-4-8-14(11)22-17(21)13(15)9-12(16(19)20)10-5-1-2-6-10/h3-4,7-8,10,12,18H,1-2,5-6,9H2,(H,19,20). The Labute approximate surface area is 127 Å². The predicted octanol–water partition coefficient (Wildman–Crippen LogP) is 2.93. The lowest BCUT2D eigenvalue weighted by molar-refractivity contribution is -0.143. The Bertz CT molecular complexity index is 755. The van der Waals surface area contributed by atoms with Crippen molar-refractivity contribution in [2.24, 2.45) is 11.8 Å². The van der Waals surface area contributed by atoms with E-state index >= 15 is 0 Å². The van der Waals surface area contributed by atoms with Gasteiger partial charge in [0.25, 0.3) is 0 Å². The van der Waals surface area contributed by atoms with Crippen molar-refractivity contribution in [3.63, 3.8) is 0 Å². The van der Waals surface area contributed by atoms with Crippen molar-refractivity contribution in [3.8, 4) is 5.75 Å². The summed E-state index contributed by atoms with van der Waals surface area (Å²) in [6.07, 6.45) is 3.77. The number of carbonyl (C=O) groups is 1. The third-order valence-corrected chi connectivity index (χ3v) is 4.59. The van der Waals surface area contributed by atoms with Crippen LogP contribution in [0.3, 0.4) is 0 Å². The number of aromatic hydroxyl groups is 1. The van der Waals surface area contributed by atoms with Gasteiger partial charge in [-0.15, -0.1) is 0 Å². The van der Waals surface area contributed by atoms with Crippen molar-refractivity contribution in [2.45, 2.75) is 32.1 Å². The molecular formula is C17H18O5. The minimum atomic E-state index is -0.918. The number of hydrogen-bond donors (Lipinski definition) is 2. The van der Waals surface area contributed by atoms with Crippen LogP contribution in [-0.4, -0.2) is 16.2 Å². The zero-order valence-corrected chi connectivity index (χ0v) is 12.1. The second-order valence-electron chi connectivity index (χ2n) is 5.91. The van der Waals surface area contributed by atoms with E-state index in [2.05, 4.69) is 0 Å². The third kappa shape index (κ3) is 2.58. The summed E-state index contributed by atoms with van der Waals surface area (Å²) < 4.78 is 5.21. The van der Waals surface area contributed by atoms with E-state index in [4.69, 9.17) is 4.42 Å². The molecule has 2 aromatic rings. The summed E-state index contributed by atoms with van der Waals surface area (Å²) in [5, 5.41) is 20.3. The molecule has 1 aromatic heterocycles. The molecular weight excluding hydrogens is 284 g/mol. The van der Waals surface area contributed by atoms with E-state index in [1.807, 2.05) is 0 Å². The van der Waals surface area contributed by atoms with Gasteiger partial charge in [-0.2, -0.15) is 0 Å². The highest BCUT2D eigenvalue weighted by Gasteiger charge is 2.32. The fourth-order valence-electron chi connectivity index (χ4n) is 3.39. The zero-order valence-electron chi connectivity index (χ0n) is 12.1. The molecule has 0 spiro atoms. The largest absolute Gasteiger partial charge is 0.507 e. The number of para-hydroxylation sites is 1. The summed E-state index contributed by atoms with van der Waals surface area (Å²) in [6.45, 7) is 0. The van der Waals surface area contributed by atoms with E-state index < -0.39 is 17.5 Å². The lowest BCUT2D eigenvalue weighted by Gasteiger charge is -2.19. The van der Waals surface area contributed by atoms with Crippen LogP contribution in [0.4, 0.5) is 0 Å². The molecule has 0 bridgehead atoms. The Kier molecular flexibility index (Phi) is 3.88. The van der Waals surface area contributed by atoms with Gasteiger partial charge < -0.3 is 14.6 Å². The van der Waals surface area contributed by atoms with Crippen LogP contribution in [0.25, 0.3) is 11.0 Å². The van der Waals surface area contributed by atoms with Crippen molar-refractivity contribution in [1.29, 1.82) is 0 Å². The molecule has 2 N–H and O–H groups in total. The quantitative estimate of drug-likeness (QED) is 0.848. The van der Waals surface area contributed by atoms with Crippen LogP contribution in [0.5, 0.6) is 5.75 Å². The molecule has 22 heavy (non-hydrogen) atoms. The monoisotopic (exact) mass is 302 g/mol. The Morgan fingerprint density at radius 2 is 1.95 bits per heavy atom. The number of carboxylic acids is 1. The van der Waals surface area contributed by atoms with Gasteiger partial charge in [-0.3, -0.25) is 4.79 Å². The number of carboxylic acid groups (broad SMARTS) is 1. The molecule has 1 unspecified atom stereocenters. The van der Waals surface area contributed by atoms with Crippen LogP contribution < -0.4 is 5.63 Å². The molecule has 1 aromatic carbocycles. The molecule has 0 amide bonds. The third-order valence-electron chi connectivity index (χ3n) is 4.59. The van der Waals surface area contributed by atoms with Gasteiger partial charge in [0, 0.05) is 0 Å². The summed E-state index contributed by atoms with van der Waals surface area (Å²) in [6, 6.07) is 6.70. The average molecular weight is 302 g/mol. The highest BCUT2D eigenvalue weighted by molar-refractivity contribution is 5.84. The highest BCUT2D eigenvalue weighted by Crippen LogP contribution is 2.35. The van der Waals surface area contributed by atoms with E-state index in [-0.39, 0.29) is 23.7 Å². The van der Waals surface area contributed by atoms with Crippen LogP contribution in [0.15, 0.2) is 33.5 Å². The van der Waals surface area contributed by atoms with Gasteiger partial charge in [0.05, 0.1) is 16.9 Å². The maximum Gasteiger partial charge on any atom is 0.343 e. The maximum absolute atomic E-state index is 12.1. The molecule has 5 heteroatoms. The first-order valence-corrected chi connectivity index (χ1v) is 7.54. The summed E-state index contributed by atoms with van der Waals surface area (Å²) >= 11 is 0. The number of aliphatic carboxylic acids is 1. The second kappa shape index (κ2) is 5.83. The van der Waals surface area contributed by atoms with E-state index in [1.165, 1.54) is 0 Å². The SMILES string of the molecule is O=C(O)C(Cc1c(O)c2ccccc2oc1=O)C1CCCC1. The van der Waals surface area contributed by atoms with Gasteiger partial charge in [0.15, 0.2) is 0 Å². The fourth-order valence-corrected chi connectivity index (χ4v) is 3.39. The first-order valence-electron chi connectivity index (χ1n) is 7.54. The zero-order chi connectivity index (χ0) is 15.7. The lowest BCUT2D eigenvalue weighted by atomic mass is 9.85. The summed E-state index contributed by atoms with van der Waals surface area (Å²) in [5.41, 5.74) is -0.278. The maximum atomic E-state index is 12.1. The van der Waals surface area contributed by atoms with E-state index in [0.717, 1.165) is 25.7 Å². The highest BCUT2D eigenvalue weighted by atomic mass is 16.4. The number of fused-ring (bicyclic) bond motifs is 1. The number of rotatable bonds is 4. The molecule has 1 aliphatic rings. The molecule has 1 saturated carbocycles. The van der Waals surface area contributed by atoms with E-state index in [1.54, 1.807) is 24.3 Å². The van der Waals surface area contributed by atoms with Crippen LogP contribution in [0.2, 0.25) is 0 Å². The molecule has 1 aliphatic carbocycles. The summed E-state index contributed by atoms with van der Waals surface area (Å²) in [4.78, 5) is 23.7. The van der Waals surface area contributed by atoms with Gasteiger partial charge in [-0.25, -0.2) is 4.79 Å². The van der Waals surface area contributed by atoms with Crippen LogP contribution in [-0.2, 0) is 11.2 Å². The van der Waals surface area contributed by atoms with Crippen molar-refractivity contribution in [2.75, 3.05) is 0 Å². The first kappa shape index (κ1) is 14.6. The number of hydrogen-bond acceptors (Lipinski definition) is 4. The molecule has 0 radical (unpaired) electrons. The molecule has 0 saturated heterocycles. The molecule has 1 heterocycles. The molecule has 3 rings (SSSR count). The molecule has 116 valence electrons. The van der Waals surface area contributed by atoms with E-state index in [9.17, 15) is 19.8 Å². The minimum absolute atomic E-state index is 0.0129. The molecule has 1 fully saturated rings. The smallest absolute Gasteiger partial charge is 0.343 e. The van der Waals surface area contributed by atoms with Crippen molar-refractivity contribution in [3.05, 3.63) is 40.2 Å². The van der Waals surface area contributed by atoms with Crippen LogP contribution >= 0.6 is 0 Å². The fraction of sp³-hybridized carbons (Fsp3) is 0.412. The Hall–Kier alpha value is -2.30. The van der Waals surface area contributed by atoms with Crippen molar-refractivity contribution in [1.82, 2.24) is 0 Å². The lowest BCUT2D eigenvalue weighted by Crippen LogP contribution is -2.26. The second-order valence-corrected chi connectivity index (χ2v) is 5.91. The minimum Gasteiger partial charge on any atom is -0.507 e. The Morgan fingerprint density at radius 3 is 2.64 bits per heavy atom. The predicted molar refractivity (Wildman–Crippen MR) is 80.9 cm³/mol. The van der Waals surface area contributed by atoms with Crippen LogP contribution in [0, 0.1) is 11.8 Å². The van der Waals surface area contributed by atoms with Gasteiger partial charge in [-0.05, 0) is 37.3 Å². The van der Waals surface area contributed by atoms with Crippen molar-refractivity contribution >= 4 is 16.9 Å². The molecule has 0 aliphatic heterocycles. The van der Waals surface area contributed by atoms with E-state index in [0.29, 0.717) is 11.0 Å². The molecule has 5 nitrogen and oxygen atoms in total. The normalized spacial score (nSPS) is 16.9. The topological polar surface area (TPSA) is 87.7 Å².